The number of alkyl halides is 2. The molecule has 1 aromatic heterocycles. The van der Waals surface area contributed by atoms with Crippen LogP contribution in [0.2, 0.25) is 0 Å². The largest absolute Gasteiger partial charge is 0.459 e. The van der Waals surface area contributed by atoms with Crippen molar-refractivity contribution in [1.29, 1.82) is 0 Å². The zero-order valence-electron chi connectivity index (χ0n) is 9.92. The van der Waals surface area contributed by atoms with Gasteiger partial charge in [-0.05, 0) is 30.9 Å². The van der Waals surface area contributed by atoms with Crippen LogP contribution in [0, 0.1) is 5.92 Å². The third-order valence-corrected chi connectivity index (χ3v) is 3.36. The van der Waals surface area contributed by atoms with Crippen LogP contribution in [0.4, 0.5) is 8.78 Å². The third-order valence-electron chi connectivity index (χ3n) is 3.36. The summed E-state index contributed by atoms with van der Waals surface area (Å²) in [7, 11) is 0. The molecule has 1 amide bonds. The molecule has 5 nitrogen and oxygen atoms in total. The van der Waals surface area contributed by atoms with Gasteiger partial charge in [-0.3, -0.25) is 4.79 Å². The predicted molar refractivity (Wildman–Crippen MR) is 60.6 cm³/mol. The first kappa shape index (κ1) is 12.3. The molecule has 7 heteroatoms. The number of rotatable bonds is 3. The highest BCUT2D eigenvalue weighted by molar-refractivity contribution is 5.97. The van der Waals surface area contributed by atoms with Crippen LogP contribution < -0.4 is 0 Å². The number of halogens is 2. The van der Waals surface area contributed by atoms with Gasteiger partial charge in [-0.2, -0.15) is 10.1 Å². The van der Waals surface area contributed by atoms with E-state index in [1.54, 1.807) is 0 Å². The lowest BCUT2D eigenvalue weighted by molar-refractivity contribution is -0.164. The van der Waals surface area contributed by atoms with Gasteiger partial charge in [0.1, 0.15) is 0 Å². The number of aliphatic hydroxyl groups is 1. The van der Waals surface area contributed by atoms with Crippen molar-refractivity contribution in [3.63, 3.8) is 0 Å². The highest BCUT2D eigenvalue weighted by atomic mass is 19.3. The first-order chi connectivity index (χ1) is 9.02. The van der Waals surface area contributed by atoms with Gasteiger partial charge in [0.15, 0.2) is 5.76 Å². The van der Waals surface area contributed by atoms with Gasteiger partial charge in [-0.25, -0.2) is 8.78 Å². The fraction of sp³-hybridized carbons (Fsp3) is 0.500. The van der Waals surface area contributed by atoms with Crippen molar-refractivity contribution in [3.8, 4) is 0 Å². The van der Waals surface area contributed by atoms with E-state index < -0.39 is 18.1 Å². The lowest BCUT2D eigenvalue weighted by atomic mass is 10.0. The first-order valence-electron chi connectivity index (χ1n) is 5.98. The maximum absolute atomic E-state index is 13.1. The zero-order valence-corrected chi connectivity index (χ0v) is 9.92. The molecule has 2 aliphatic rings. The van der Waals surface area contributed by atoms with Crippen molar-refractivity contribution >= 4 is 11.6 Å². The standard InChI is InChI=1S/C12H12F2N2O3/c13-11(14)12(18)6-8(7-3-4-7)15-16(12)10(17)9-2-1-5-19-9/h1-2,5,7,11,18H,3-4,6H2. The van der Waals surface area contributed by atoms with Crippen LogP contribution in [0.1, 0.15) is 29.8 Å². The van der Waals surface area contributed by atoms with Crippen molar-refractivity contribution in [1.82, 2.24) is 5.01 Å². The smallest absolute Gasteiger partial charge is 0.312 e. The van der Waals surface area contributed by atoms with Crippen molar-refractivity contribution in [2.75, 3.05) is 0 Å². The Kier molecular flexibility index (Phi) is 2.67. The molecule has 0 bridgehead atoms. The van der Waals surface area contributed by atoms with Crippen molar-refractivity contribution in [3.05, 3.63) is 24.2 Å². The van der Waals surface area contributed by atoms with E-state index in [4.69, 9.17) is 4.42 Å². The maximum atomic E-state index is 13.1. The molecule has 1 N–H and O–H groups in total. The summed E-state index contributed by atoms with van der Waals surface area (Å²) in [6, 6.07) is 2.81. The van der Waals surface area contributed by atoms with Crippen LogP contribution in [-0.2, 0) is 0 Å². The van der Waals surface area contributed by atoms with Crippen molar-refractivity contribution in [2.45, 2.75) is 31.4 Å². The summed E-state index contributed by atoms with van der Waals surface area (Å²) in [6.45, 7) is 0. The van der Waals surface area contributed by atoms with E-state index in [-0.39, 0.29) is 18.1 Å². The van der Waals surface area contributed by atoms with E-state index in [2.05, 4.69) is 5.10 Å². The van der Waals surface area contributed by atoms with E-state index in [0.29, 0.717) is 10.7 Å². The zero-order chi connectivity index (χ0) is 13.6. The highest BCUT2D eigenvalue weighted by Gasteiger charge is 2.54. The number of hydrazone groups is 1. The summed E-state index contributed by atoms with van der Waals surface area (Å²) in [6.07, 6.45) is -0.411. The minimum absolute atomic E-state index is 0.111. The Bertz CT molecular complexity index is 525. The second-order valence-electron chi connectivity index (χ2n) is 4.82. The average molecular weight is 270 g/mol. The molecule has 1 unspecified atom stereocenters. The molecule has 102 valence electrons. The van der Waals surface area contributed by atoms with Gasteiger partial charge in [0.25, 0.3) is 6.43 Å². The highest BCUT2D eigenvalue weighted by Crippen LogP contribution is 2.41. The third kappa shape index (κ3) is 1.94. The van der Waals surface area contributed by atoms with Gasteiger partial charge < -0.3 is 9.52 Å². The Morgan fingerprint density at radius 1 is 1.58 bits per heavy atom. The summed E-state index contributed by atoms with van der Waals surface area (Å²) in [4.78, 5) is 12.0. The Hall–Kier alpha value is -1.76. The minimum Gasteiger partial charge on any atom is -0.459 e. The molecule has 0 aromatic carbocycles. The van der Waals surface area contributed by atoms with Gasteiger partial charge in [0.05, 0.1) is 6.26 Å². The van der Waals surface area contributed by atoms with E-state index >= 15 is 0 Å². The molecule has 1 fully saturated rings. The van der Waals surface area contributed by atoms with Gasteiger partial charge >= 0.3 is 5.91 Å². The monoisotopic (exact) mass is 270 g/mol. The Balaban J connectivity index is 1.93. The van der Waals surface area contributed by atoms with Crippen LogP contribution >= 0.6 is 0 Å². The molecule has 1 saturated carbocycles. The lowest BCUT2D eigenvalue weighted by Crippen LogP contribution is -2.51. The van der Waals surface area contributed by atoms with Gasteiger partial charge in [-0.1, -0.05) is 0 Å². The average Bonchev–Trinajstić information content (AvgIpc) is 2.95. The molecule has 3 rings (SSSR count). The molecule has 1 aliphatic heterocycles. The minimum atomic E-state index is -3.09. The van der Waals surface area contributed by atoms with Gasteiger partial charge in [0, 0.05) is 12.1 Å². The predicted octanol–water partition coefficient (Wildman–Crippen LogP) is 1.85. The molecular weight excluding hydrogens is 258 g/mol. The van der Waals surface area contributed by atoms with Gasteiger partial charge in [0.2, 0.25) is 5.72 Å². The molecule has 0 saturated heterocycles. The SMILES string of the molecule is O=C(c1ccco1)N1N=C(C2CC2)CC1(O)C(F)F. The second-order valence-corrected chi connectivity index (χ2v) is 4.82. The molecule has 1 aliphatic carbocycles. The Morgan fingerprint density at radius 3 is 2.84 bits per heavy atom. The molecule has 1 aromatic rings. The maximum Gasteiger partial charge on any atom is 0.312 e. The van der Waals surface area contributed by atoms with Crippen molar-refractivity contribution < 1.29 is 23.1 Å². The number of amides is 1. The van der Waals surface area contributed by atoms with Gasteiger partial charge in [-0.15, -0.1) is 0 Å². The van der Waals surface area contributed by atoms with Crippen LogP contribution in [0.5, 0.6) is 0 Å². The molecule has 2 heterocycles. The quantitative estimate of drug-likeness (QED) is 0.911. The normalized spacial score (nSPS) is 26.9. The summed E-state index contributed by atoms with van der Waals surface area (Å²) in [5.74, 6) is -0.872. The number of hydrogen-bond donors (Lipinski definition) is 1. The number of furan rings is 1. The number of hydrogen-bond acceptors (Lipinski definition) is 4. The number of nitrogens with zero attached hydrogens (tertiary/aromatic N) is 2. The second kappa shape index (κ2) is 4.12. The van der Waals surface area contributed by atoms with Crippen LogP contribution in [-0.4, -0.2) is 33.9 Å². The number of carbonyl (C=O) groups excluding carboxylic acids is 1. The summed E-state index contributed by atoms with van der Waals surface area (Å²) in [5.41, 5.74) is -2.11. The summed E-state index contributed by atoms with van der Waals surface area (Å²) in [5, 5.41) is 14.4. The summed E-state index contributed by atoms with van der Waals surface area (Å²) < 4.78 is 31.0. The van der Waals surface area contributed by atoms with Crippen LogP contribution in [0.3, 0.4) is 0 Å². The first-order valence-corrected chi connectivity index (χ1v) is 5.98. The van der Waals surface area contributed by atoms with E-state index in [0.717, 1.165) is 12.8 Å². The molecule has 0 spiro atoms. The van der Waals surface area contributed by atoms with E-state index in [9.17, 15) is 18.7 Å². The fourth-order valence-electron chi connectivity index (χ4n) is 2.13. The topological polar surface area (TPSA) is 66.0 Å². The Labute approximate surface area is 107 Å². The molecule has 0 radical (unpaired) electrons. The molecular formula is C12H12F2N2O3. The molecule has 1 atom stereocenters. The van der Waals surface area contributed by atoms with Crippen LogP contribution in [0.25, 0.3) is 0 Å². The fourth-order valence-corrected chi connectivity index (χ4v) is 2.13. The van der Waals surface area contributed by atoms with Crippen molar-refractivity contribution in [2.24, 2.45) is 11.0 Å². The lowest BCUT2D eigenvalue weighted by Gasteiger charge is -2.29. The Morgan fingerprint density at radius 2 is 2.32 bits per heavy atom. The van der Waals surface area contributed by atoms with Crippen LogP contribution in [0.15, 0.2) is 27.9 Å². The van der Waals surface area contributed by atoms with E-state index in [1.165, 1.54) is 18.4 Å². The van der Waals surface area contributed by atoms with E-state index in [1.807, 2.05) is 0 Å². The number of carbonyl (C=O) groups is 1. The molecule has 19 heavy (non-hydrogen) atoms. The summed E-state index contributed by atoms with van der Waals surface area (Å²) >= 11 is 0.